The Morgan fingerprint density at radius 2 is 1.93 bits per heavy atom. The first-order valence-electron chi connectivity index (χ1n) is 5.07. The van der Waals surface area contributed by atoms with Gasteiger partial charge in [-0.2, -0.15) is 0 Å². The second-order valence-electron chi connectivity index (χ2n) is 3.36. The Morgan fingerprint density at radius 3 is 2.53 bits per heavy atom. The van der Waals surface area contributed by atoms with Gasteiger partial charge < -0.3 is 5.32 Å². The largest absolute Gasteiger partial charge is 0.319 e. The highest BCUT2D eigenvalue weighted by atomic mass is 32.2. The van der Waals surface area contributed by atoms with E-state index in [4.69, 9.17) is 0 Å². The van der Waals surface area contributed by atoms with Gasteiger partial charge in [-0.15, -0.1) is 0 Å². The molecular weight excluding hydrogens is 210 g/mol. The molecule has 0 radical (unpaired) electrons. The van der Waals surface area contributed by atoms with E-state index in [9.17, 15) is 8.42 Å². The summed E-state index contributed by atoms with van der Waals surface area (Å²) in [5, 5.41) is 3.02. The van der Waals surface area contributed by atoms with Crippen molar-refractivity contribution in [1.29, 1.82) is 0 Å². The first-order chi connectivity index (χ1) is 7.11. The standard InChI is InChI=1S/C11H17NO2S/c1-3-15(13,14)11-7-5-4-6-10(11)8-9-12-2/h4-7,12H,3,8-9H2,1-2H3. The highest BCUT2D eigenvalue weighted by Gasteiger charge is 2.14. The van der Waals surface area contributed by atoms with Gasteiger partial charge in [0.1, 0.15) is 0 Å². The Labute approximate surface area is 91.4 Å². The molecule has 0 unspecified atom stereocenters. The Hall–Kier alpha value is -0.870. The average Bonchev–Trinajstić information content (AvgIpc) is 2.26. The minimum absolute atomic E-state index is 0.156. The normalized spacial score (nSPS) is 11.6. The monoisotopic (exact) mass is 227 g/mol. The molecule has 0 saturated heterocycles. The lowest BCUT2D eigenvalue weighted by molar-refractivity contribution is 0.595. The van der Waals surface area contributed by atoms with Gasteiger partial charge in [0.25, 0.3) is 0 Å². The Kier molecular flexibility index (Phi) is 4.29. The molecule has 0 aromatic heterocycles. The number of hydrogen-bond donors (Lipinski definition) is 1. The zero-order valence-corrected chi connectivity index (χ0v) is 9.97. The van der Waals surface area contributed by atoms with E-state index in [1.54, 1.807) is 19.1 Å². The van der Waals surface area contributed by atoms with Crippen molar-refractivity contribution in [3.05, 3.63) is 29.8 Å². The third-order valence-electron chi connectivity index (χ3n) is 2.33. The number of benzene rings is 1. The summed E-state index contributed by atoms with van der Waals surface area (Å²) in [6.45, 7) is 2.46. The lowest BCUT2D eigenvalue weighted by Crippen LogP contribution is -2.13. The third kappa shape index (κ3) is 3.04. The maximum Gasteiger partial charge on any atom is 0.178 e. The fraction of sp³-hybridized carbons (Fsp3) is 0.455. The number of sulfone groups is 1. The highest BCUT2D eigenvalue weighted by Crippen LogP contribution is 2.17. The molecule has 1 aromatic carbocycles. The van der Waals surface area contributed by atoms with Crippen LogP contribution in [0.1, 0.15) is 12.5 Å². The second kappa shape index (κ2) is 5.28. The lowest BCUT2D eigenvalue weighted by Gasteiger charge is -2.08. The van der Waals surface area contributed by atoms with Crippen molar-refractivity contribution in [2.75, 3.05) is 19.3 Å². The van der Waals surface area contributed by atoms with Gasteiger partial charge in [0, 0.05) is 0 Å². The molecule has 0 spiro atoms. The maximum atomic E-state index is 11.8. The molecule has 0 aliphatic heterocycles. The average molecular weight is 227 g/mol. The smallest absolute Gasteiger partial charge is 0.178 e. The molecule has 3 nitrogen and oxygen atoms in total. The molecule has 4 heteroatoms. The molecular formula is C11H17NO2S. The molecule has 0 saturated carbocycles. The van der Waals surface area contributed by atoms with E-state index in [0.29, 0.717) is 4.90 Å². The molecule has 0 fully saturated rings. The van der Waals surface area contributed by atoms with E-state index in [-0.39, 0.29) is 5.75 Å². The molecule has 1 rings (SSSR count). The summed E-state index contributed by atoms with van der Waals surface area (Å²) in [7, 11) is -1.23. The van der Waals surface area contributed by atoms with Crippen molar-refractivity contribution < 1.29 is 8.42 Å². The van der Waals surface area contributed by atoms with Gasteiger partial charge in [-0.1, -0.05) is 25.1 Å². The Morgan fingerprint density at radius 1 is 1.27 bits per heavy atom. The van der Waals surface area contributed by atoms with E-state index in [0.717, 1.165) is 18.5 Å². The van der Waals surface area contributed by atoms with Gasteiger partial charge in [0.15, 0.2) is 9.84 Å². The quantitative estimate of drug-likeness (QED) is 0.823. The van der Waals surface area contributed by atoms with Gasteiger partial charge >= 0.3 is 0 Å². The summed E-state index contributed by atoms with van der Waals surface area (Å²) >= 11 is 0. The topological polar surface area (TPSA) is 46.2 Å². The van der Waals surface area contributed by atoms with E-state index in [1.807, 2.05) is 19.2 Å². The first-order valence-corrected chi connectivity index (χ1v) is 6.72. The third-order valence-corrected chi connectivity index (χ3v) is 4.16. The van der Waals surface area contributed by atoms with E-state index in [2.05, 4.69) is 5.32 Å². The van der Waals surface area contributed by atoms with E-state index < -0.39 is 9.84 Å². The molecule has 0 atom stereocenters. The molecule has 1 aromatic rings. The van der Waals surface area contributed by atoms with Crippen LogP contribution in [0.2, 0.25) is 0 Å². The van der Waals surface area contributed by atoms with Crippen molar-refractivity contribution in [2.24, 2.45) is 0 Å². The van der Waals surface area contributed by atoms with Crippen molar-refractivity contribution in [3.8, 4) is 0 Å². The Bertz CT molecular complexity index is 412. The zero-order valence-electron chi connectivity index (χ0n) is 9.16. The van der Waals surface area contributed by atoms with Gasteiger partial charge in [0.05, 0.1) is 10.6 Å². The molecule has 15 heavy (non-hydrogen) atoms. The van der Waals surface area contributed by atoms with Gasteiger partial charge in [-0.25, -0.2) is 8.42 Å². The highest BCUT2D eigenvalue weighted by molar-refractivity contribution is 7.91. The van der Waals surface area contributed by atoms with Crippen molar-refractivity contribution in [1.82, 2.24) is 5.32 Å². The van der Waals surface area contributed by atoms with Crippen LogP contribution in [0.15, 0.2) is 29.2 Å². The Balaban J connectivity index is 3.07. The number of nitrogens with one attached hydrogen (secondary N) is 1. The zero-order chi connectivity index (χ0) is 11.3. The summed E-state index contributed by atoms with van der Waals surface area (Å²) in [5.74, 6) is 0.156. The fourth-order valence-electron chi connectivity index (χ4n) is 1.43. The van der Waals surface area contributed by atoms with Gasteiger partial charge in [-0.3, -0.25) is 0 Å². The molecule has 0 aliphatic carbocycles. The number of rotatable bonds is 5. The van der Waals surface area contributed by atoms with Crippen molar-refractivity contribution in [3.63, 3.8) is 0 Å². The van der Waals surface area contributed by atoms with Crippen LogP contribution in [0.4, 0.5) is 0 Å². The predicted molar refractivity (Wildman–Crippen MR) is 61.8 cm³/mol. The number of hydrogen-bond acceptors (Lipinski definition) is 3. The molecule has 1 N–H and O–H groups in total. The SMILES string of the molecule is CCS(=O)(=O)c1ccccc1CCNC. The summed E-state index contributed by atoms with van der Waals surface area (Å²) in [6, 6.07) is 7.20. The summed E-state index contributed by atoms with van der Waals surface area (Å²) in [4.78, 5) is 0.475. The predicted octanol–water partition coefficient (Wildman–Crippen LogP) is 1.24. The van der Waals surface area contributed by atoms with Crippen molar-refractivity contribution >= 4 is 9.84 Å². The second-order valence-corrected chi connectivity index (χ2v) is 5.61. The lowest BCUT2D eigenvalue weighted by atomic mass is 10.1. The van der Waals surface area contributed by atoms with E-state index >= 15 is 0 Å². The van der Waals surface area contributed by atoms with E-state index in [1.165, 1.54) is 0 Å². The van der Waals surface area contributed by atoms with Crippen LogP contribution in [-0.4, -0.2) is 27.8 Å². The minimum atomic E-state index is -3.09. The minimum Gasteiger partial charge on any atom is -0.319 e. The number of likely N-dealkylation sites (N-methyl/N-ethyl adjacent to an activating group) is 1. The fourth-order valence-corrected chi connectivity index (χ4v) is 2.60. The summed E-state index contributed by atoms with van der Waals surface area (Å²) < 4.78 is 23.5. The molecule has 0 amide bonds. The van der Waals surface area contributed by atoms with Gasteiger partial charge in [-0.05, 0) is 31.6 Å². The van der Waals surface area contributed by atoms with Gasteiger partial charge in [0.2, 0.25) is 0 Å². The van der Waals surface area contributed by atoms with Crippen LogP contribution in [0.25, 0.3) is 0 Å². The molecule has 0 aliphatic rings. The summed E-state index contributed by atoms with van der Waals surface area (Å²) in [5.41, 5.74) is 0.897. The van der Waals surface area contributed by atoms with Crippen LogP contribution >= 0.6 is 0 Å². The van der Waals surface area contributed by atoms with Crippen LogP contribution in [0.5, 0.6) is 0 Å². The van der Waals surface area contributed by atoms with Crippen LogP contribution in [0, 0.1) is 0 Å². The van der Waals surface area contributed by atoms with Crippen LogP contribution in [0.3, 0.4) is 0 Å². The molecule has 0 heterocycles. The summed E-state index contributed by atoms with van der Waals surface area (Å²) in [6.07, 6.45) is 0.742. The first kappa shape index (κ1) is 12.2. The molecule has 84 valence electrons. The van der Waals surface area contributed by atoms with Crippen LogP contribution in [-0.2, 0) is 16.3 Å². The van der Waals surface area contributed by atoms with Crippen molar-refractivity contribution in [2.45, 2.75) is 18.2 Å². The maximum absolute atomic E-state index is 11.8. The molecule has 0 bridgehead atoms. The van der Waals surface area contributed by atoms with Crippen LogP contribution < -0.4 is 5.32 Å².